The van der Waals surface area contributed by atoms with Crippen molar-refractivity contribution in [3.63, 3.8) is 0 Å². The zero-order valence-electron chi connectivity index (χ0n) is 11.5. The van der Waals surface area contributed by atoms with Crippen molar-refractivity contribution in [3.8, 4) is 0 Å². The second-order valence-electron chi connectivity index (χ2n) is 5.60. The van der Waals surface area contributed by atoms with Crippen LogP contribution in [-0.4, -0.2) is 25.7 Å². The van der Waals surface area contributed by atoms with Gasteiger partial charge in [0, 0.05) is 18.3 Å². The monoisotopic (exact) mass is 259 g/mol. The van der Waals surface area contributed by atoms with Crippen molar-refractivity contribution in [3.05, 3.63) is 29.8 Å². The average Bonchev–Trinajstić information content (AvgIpc) is 2.90. The summed E-state index contributed by atoms with van der Waals surface area (Å²) in [7, 11) is 1.49. The number of benzene rings is 1. The lowest BCUT2D eigenvalue weighted by Gasteiger charge is -2.35. The maximum Gasteiger partial charge on any atom is 0.308 e. The van der Waals surface area contributed by atoms with Crippen molar-refractivity contribution < 1.29 is 9.53 Å². The number of hydrogen-bond acceptors (Lipinski definition) is 3. The standard InChI is InChI=1S/C16H21NO2/c1-19-16(18)13-6-8-14(9-7-13)17-11-10-12-4-2-3-5-15(12)17/h2-5,13-14H,6-11H2,1H3. The Hall–Kier alpha value is -1.51. The van der Waals surface area contributed by atoms with E-state index in [1.807, 2.05) is 0 Å². The second kappa shape index (κ2) is 5.24. The summed E-state index contributed by atoms with van der Waals surface area (Å²) in [4.78, 5) is 14.1. The van der Waals surface area contributed by atoms with Crippen LogP contribution in [0.25, 0.3) is 0 Å². The van der Waals surface area contributed by atoms with Gasteiger partial charge in [-0.25, -0.2) is 0 Å². The Labute approximate surface area is 114 Å². The van der Waals surface area contributed by atoms with Gasteiger partial charge in [-0.05, 0) is 43.7 Å². The first-order valence-corrected chi connectivity index (χ1v) is 7.22. The number of nitrogens with zero attached hydrogens (tertiary/aromatic N) is 1. The van der Waals surface area contributed by atoms with Gasteiger partial charge >= 0.3 is 5.97 Å². The molecule has 2 aliphatic rings. The highest BCUT2D eigenvalue weighted by Gasteiger charge is 2.32. The van der Waals surface area contributed by atoms with E-state index in [1.165, 1.54) is 18.4 Å². The number of rotatable bonds is 2. The van der Waals surface area contributed by atoms with Crippen LogP contribution in [0.3, 0.4) is 0 Å². The molecular formula is C16H21NO2. The van der Waals surface area contributed by atoms with Crippen LogP contribution in [0.4, 0.5) is 5.69 Å². The van der Waals surface area contributed by atoms with Crippen molar-refractivity contribution in [2.75, 3.05) is 18.6 Å². The Morgan fingerprint density at radius 1 is 1.21 bits per heavy atom. The fraction of sp³-hybridized carbons (Fsp3) is 0.562. The molecule has 0 saturated heterocycles. The first-order valence-electron chi connectivity index (χ1n) is 7.22. The van der Waals surface area contributed by atoms with Crippen LogP contribution in [0.15, 0.2) is 24.3 Å². The van der Waals surface area contributed by atoms with Gasteiger partial charge in [-0.1, -0.05) is 18.2 Å². The van der Waals surface area contributed by atoms with Gasteiger partial charge in [-0.2, -0.15) is 0 Å². The molecule has 0 aromatic heterocycles. The molecule has 0 radical (unpaired) electrons. The maximum absolute atomic E-state index is 11.6. The quantitative estimate of drug-likeness (QED) is 0.765. The maximum atomic E-state index is 11.6. The molecule has 1 saturated carbocycles. The number of hydrogen-bond donors (Lipinski definition) is 0. The molecule has 3 nitrogen and oxygen atoms in total. The minimum absolute atomic E-state index is 0.0275. The van der Waals surface area contributed by atoms with Crippen LogP contribution in [0.2, 0.25) is 0 Å². The predicted molar refractivity (Wildman–Crippen MR) is 75.3 cm³/mol. The summed E-state index contributed by atoms with van der Waals surface area (Å²) in [5.74, 6) is 0.0966. The smallest absolute Gasteiger partial charge is 0.308 e. The highest BCUT2D eigenvalue weighted by atomic mass is 16.5. The molecular weight excluding hydrogens is 238 g/mol. The largest absolute Gasteiger partial charge is 0.469 e. The van der Waals surface area contributed by atoms with Crippen LogP contribution < -0.4 is 4.90 Å². The predicted octanol–water partition coefficient (Wildman–Crippen LogP) is 2.78. The Bertz CT molecular complexity index is 464. The highest BCUT2D eigenvalue weighted by Crippen LogP contribution is 2.35. The van der Waals surface area contributed by atoms with Crippen LogP contribution in [0.1, 0.15) is 31.2 Å². The molecule has 0 spiro atoms. The van der Waals surface area contributed by atoms with Crippen LogP contribution in [-0.2, 0) is 16.0 Å². The molecule has 1 heterocycles. The molecule has 0 N–H and O–H groups in total. The van der Waals surface area contributed by atoms with Crippen LogP contribution in [0, 0.1) is 5.92 Å². The minimum Gasteiger partial charge on any atom is -0.469 e. The summed E-state index contributed by atoms with van der Waals surface area (Å²) in [6.45, 7) is 1.13. The van der Waals surface area contributed by atoms with Crippen molar-refractivity contribution in [2.24, 2.45) is 5.92 Å². The van der Waals surface area contributed by atoms with Gasteiger partial charge in [0.2, 0.25) is 0 Å². The molecule has 0 amide bonds. The lowest BCUT2D eigenvalue weighted by atomic mass is 9.85. The molecule has 1 aliphatic carbocycles. The van der Waals surface area contributed by atoms with Crippen LogP contribution in [0.5, 0.6) is 0 Å². The molecule has 1 aromatic rings. The van der Waals surface area contributed by atoms with Gasteiger partial charge < -0.3 is 9.64 Å². The summed E-state index contributed by atoms with van der Waals surface area (Å²) >= 11 is 0. The van der Waals surface area contributed by atoms with Gasteiger partial charge in [0.15, 0.2) is 0 Å². The molecule has 0 unspecified atom stereocenters. The number of anilines is 1. The van der Waals surface area contributed by atoms with E-state index in [9.17, 15) is 4.79 Å². The van der Waals surface area contributed by atoms with Crippen molar-refractivity contribution in [1.29, 1.82) is 0 Å². The van der Waals surface area contributed by atoms with Crippen molar-refractivity contribution in [1.82, 2.24) is 0 Å². The molecule has 3 rings (SSSR count). The molecule has 3 heteroatoms. The van der Waals surface area contributed by atoms with Gasteiger partial charge in [-0.15, -0.1) is 0 Å². The molecule has 1 fully saturated rings. The first-order chi connectivity index (χ1) is 9.29. The minimum atomic E-state index is -0.0275. The summed E-state index contributed by atoms with van der Waals surface area (Å²) in [6.07, 6.45) is 5.31. The van der Waals surface area contributed by atoms with Crippen LogP contribution >= 0.6 is 0 Å². The Morgan fingerprint density at radius 3 is 2.68 bits per heavy atom. The SMILES string of the molecule is COC(=O)C1CCC(N2CCc3ccccc32)CC1. The van der Waals surface area contributed by atoms with E-state index in [0.29, 0.717) is 6.04 Å². The Kier molecular flexibility index (Phi) is 3.45. The third kappa shape index (κ3) is 2.34. The molecule has 1 aliphatic heterocycles. The van der Waals surface area contributed by atoms with Gasteiger partial charge in [0.05, 0.1) is 13.0 Å². The van der Waals surface area contributed by atoms with E-state index in [-0.39, 0.29) is 11.9 Å². The summed E-state index contributed by atoms with van der Waals surface area (Å²) in [5.41, 5.74) is 2.88. The second-order valence-corrected chi connectivity index (χ2v) is 5.60. The number of para-hydroxylation sites is 1. The zero-order valence-corrected chi connectivity index (χ0v) is 11.5. The zero-order chi connectivity index (χ0) is 13.2. The van der Waals surface area contributed by atoms with E-state index >= 15 is 0 Å². The molecule has 19 heavy (non-hydrogen) atoms. The molecule has 1 aromatic carbocycles. The number of carbonyl (C=O) groups is 1. The number of fused-ring (bicyclic) bond motifs is 1. The van der Waals surface area contributed by atoms with Crippen molar-refractivity contribution >= 4 is 11.7 Å². The fourth-order valence-corrected chi connectivity index (χ4v) is 3.53. The Balaban J connectivity index is 1.65. The van der Waals surface area contributed by atoms with E-state index in [2.05, 4.69) is 29.2 Å². The number of carbonyl (C=O) groups excluding carboxylic acids is 1. The third-order valence-corrected chi connectivity index (χ3v) is 4.60. The molecule has 0 bridgehead atoms. The average molecular weight is 259 g/mol. The lowest BCUT2D eigenvalue weighted by Crippen LogP contribution is -2.38. The molecule has 0 atom stereocenters. The normalized spacial score (nSPS) is 26.1. The summed E-state index contributed by atoms with van der Waals surface area (Å²) in [5, 5.41) is 0. The van der Waals surface area contributed by atoms with Gasteiger partial charge in [-0.3, -0.25) is 4.79 Å². The summed E-state index contributed by atoms with van der Waals surface area (Å²) < 4.78 is 4.85. The van der Waals surface area contributed by atoms with E-state index in [1.54, 1.807) is 0 Å². The Morgan fingerprint density at radius 2 is 1.95 bits per heavy atom. The number of esters is 1. The van der Waals surface area contributed by atoms with E-state index in [0.717, 1.165) is 38.6 Å². The lowest BCUT2D eigenvalue weighted by molar-refractivity contribution is -0.146. The summed E-state index contributed by atoms with van der Waals surface area (Å²) in [6, 6.07) is 9.31. The van der Waals surface area contributed by atoms with E-state index < -0.39 is 0 Å². The van der Waals surface area contributed by atoms with Crippen molar-refractivity contribution in [2.45, 2.75) is 38.1 Å². The highest BCUT2D eigenvalue weighted by molar-refractivity contribution is 5.72. The van der Waals surface area contributed by atoms with Gasteiger partial charge in [0.1, 0.15) is 0 Å². The van der Waals surface area contributed by atoms with Gasteiger partial charge in [0.25, 0.3) is 0 Å². The van der Waals surface area contributed by atoms with E-state index in [4.69, 9.17) is 4.74 Å². The number of ether oxygens (including phenoxy) is 1. The fourth-order valence-electron chi connectivity index (χ4n) is 3.53. The molecule has 102 valence electrons. The number of methoxy groups -OCH3 is 1. The first kappa shape index (κ1) is 12.5. The third-order valence-electron chi connectivity index (χ3n) is 4.60. The topological polar surface area (TPSA) is 29.5 Å².